The maximum absolute atomic E-state index is 13.6. The monoisotopic (exact) mass is 620 g/mol. The largest absolute Gasteiger partial charge is 0.497 e. The van der Waals surface area contributed by atoms with Crippen LogP contribution in [-0.2, 0) is 42.7 Å². The highest BCUT2D eigenvalue weighted by Crippen LogP contribution is 2.28. The molecule has 0 fully saturated rings. The molecule has 0 amide bonds. The first kappa shape index (κ1) is 32.5. The predicted octanol–water partition coefficient (Wildman–Crippen LogP) is 3.03. The summed E-state index contributed by atoms with van der Waals surface area (Å²) < 4.78 is 66.3. The standard InChI is InChI=1S/C28H32N2O10S2/c1-19(27(31)32)29(41(35,36)25-13-9-23(39-3)10-14-25)17-21-7-5-6-8-22(21)18-30(20(2)28(33)34)42(37,38)26-15-11-24(40-4)12-16-26/h5-16,19-20H,17-18H2,1-4H3,(H,31,32)(H,33,34)/t19-,20-/m1/s1. The second kappa shape index (κ2) is 13.3. The summed E-state index contributed by atoms with van der Waals surface area (Å²) in [5.41, 5.74) is 0.574. The molecule has 14 heteroatoms. The molecule has 0 bridgehead atoms. The molecule has 2 N–H and O–H groups in total. The Labute approximate surface area is 244 Å². The molecule has 3 aromatic carbocycles. The molecule has 0 unspecified atom stereocenters. The zero-order valence-corrected chi connectivity index (χ0v) is 25.0. The van der Waals surface area contributed by atoms with E-state index >= 15 is 0 Å². The highest BCUT2D eigenvalue weighted by atomic mass is 32.2. The second-order valence-electron chi connectivity index (χ2n) is 9.25. The number of benzene rings is 3. The number of rotatable bonds is 14. The summed E-state index contributed by atoms with van der Waals surface area (Å²) in [6.07, 6.45) is 0. The van der Waals surface area contributed by atoms with Gasteiger partial charge in [0.05, 0.1) is 24.0 Å². The van der Waals surface area contributed by atoms with E-state index in [1.807, 2.05) is 0 Å². The first-order chi connectivity index (χ1) is 19.7. The normalized spacial score (nSPS) is 13.5. The minimum Gasteiger partial charge on any atom is -0.497 e. The average Bonchev–Trinajstić information content (AvgIpc) is 2.98. The van der Waals surface area contributed by atoms with Crippen molar-refractivity contribution in [3.05, 3.63) is 83.9 Å². The molecule has 0 saturated heterocycles. The lowest BCUT2D eigenvalue weighted by Gasteiger charge is -2.29. The number of hydrogen-bond acceptors (Lipinski definition) is 8. The van der Waals surface area contributed by atoms with Gasteiger partial charge < -0.3 is 19.7 Å². The van der Waals surface area contributed by atoms with Crippen molar-refractivity contribution >= 4 is 32.0 Å². The van der Waals surface area contributed by atoms with Gasteiger partial charge in [0.1, 0.15) is 23.6 Å². The van der Waals surface area contributed by atoms with Gasteiger partial charge >= 0.3 is 11.9 Å². The molecule has 226 valence electrons. The lowest BCUT2D eigenvalue weighted by Crippen LogP contribution is -2.44. The zero-order chi connectivity index (χ0) is 31.2. The molecular formula is C28H32N2O10S2. The van der Waals surface area contributed by atoms with Crippen LogP contribution in [0.4, 0.5) is 0 Å². The summed E-state index contributed by atoms with van der Waals surface area (Å²) in [6.45, 7) is 1.57. The third-order valence-electron chi connectivity index (χ3n) is 6.68. The van der Waals surface area contributed by atoms with Gasteiger partial charge in [-0.05, 0) is 73.5 Å². The lowest BCUT2D eigenvalue weighted by atomic mass is 10.1. The fourth-order valence-electron chi connectivity index (χ4n) is 4.07. The van der Waals surface area contributed by atoms with Crippen LogP contribution < -0.4 is 9.47 Å². The van der Waals surface area contributed by atoms with E-state index in [9.17, 15) is 36.6 Å². The highest BCUT2D eigenvalue weighted by Gasteiger charge is 2.36. The molecule has 0 heterocycles. The van der Waals surface area contributed by atoms with Gasteiger partial charge in [-0.15, -0.1) is 0 Å². The van der Waals surface area contributed by atoms with Gasteiger partial charge in [-0.2, -0.15) is 8.61 Å². The molecule has 3 aromatic rings. The minimum atomic E-state index is -4.36. The van der Waals surface area contributed by atoms with Crippen LogP contribution >= 0.6 is 0 Å². The lowest BCUT2D eigenvalue weighted by molar-refractivity contribution is -0.142. The molecule has 0 saturated carbocycles. The van der Waals surface area contributed by atoms with Crippen molar-refractivity contribution in [3.8, 4) is 11.5 Å². The van der Waals surface area contributed by atoms with Crippen molar-refractivity contribution in [2.45, 2.75) is 48.8 Å². The summed E-state index contributed by atoms with van der Waals surface area (Å²) in [5, 5.41) is 19.5. The second-order valence-corrected chi connectivity index (χ2v) is 13.0. The van der Waals surface area contributed by atoms with Crippen LogP contribution in [0.1, 0.15) is 25.0 Å². The Morgan fingerprint density at radius 1 is 0.643 bits per heavy atom. The molecule has 12 nitrogen and oxygen atoms in total. The van der Waals surface area contributed by atoms with Crippen LogP contribution in [0, 0.1) is 0 Å². The average molecular weight is 621 g/mol. The fraction of sp³-hybridized carbons (Fsp3) is 0.286. The van der Waals surface area contributed by atoms with Crippen LogP contribution in [0.25, 0.3) is 0 Å². The third-order valence-corrected chi connectivity index (χ3v) is 10.5. The van der Waals surface area contributed by atoms with Gasteiger partial charge in [-0.25, -0.2) is 16.8 Å². The van der Waals surface area contributed by atoms with E-state index in [4.69, 9.17) is 9.47 Å². The molecule has 0 radical (unpaired) electrons. The van der Waals surface area contributed by atoms with Crippen LogP contribution in [0.15, 0.2) is 82.6 Å². The number of hydrogen-bond donors (Lipinski definition) is 2. The van der Waals surface area contributed by atoms with Gasteiger partial charge in [0, 0.05) is 13.1 Å². The number of methoxy groups -OCH3 is 2. The van der Waals surface area contributed by atoms with Crippen molar-refractivity contribution in [1.29, 1.82) is 0 Å². The molecule has 0 spiro atoms. The van der Waals surface area contributed by atoms with Crippen molar-refractivity contribution in [3.63, 3.8) is 0 Å². The SMILES string of the molecule is COc1ccc(S(=O)(=O)N(Cc2ccccc2CN([C@H](C)C(=O)O)S(=O)(=O)c2ccc(OC)cc2)[C@H](C)C(=O)O)cc1. The Bertz CT molecular complexity index is 1500. The number of carbonyl (C=O) groups is 2. The van der Waals surface area contributed by atoms with Gasteiger partial charge in [-0.3, -0.25) is 9.59 Å². The molecule has 0 aliphatic heterocycles. The van der Waals surface area contributed by atoms with Crippen LogP contribution in [0.3, 0.4) is 0 Å². The highest BCUT2D eigenvalue weighted by molar-refractivity contribution is 7.89. The first-order valence-corrected chi connectivity index (χ1v) is 15.5. The Morgan fingerprint density at radius 3 is 1.21 bits per heavy atom. The maximum Gasteiger partial charge on any atom is 0.321 e. The topological polar surface area (TPSA) is 168 Å². The minimum absolute atomic E-state index is 0.169. The molecule has 0 aliphatic rings. The third kappa shape index (κ3) is 7.07. The molecule has 2 atom stereocenters. The summed E-state index contributed by atoms with van der Waals surface area (Å²) in [7, 11) is -5.89. The molecule has 42 heavy (non-hydrogen) atoms. The van der Waals surface area contributed by atoms with E-state index in [0.717, 1.165) is 8.61 Å². The van der Waals surface area contributed by atoms with E-state index in [-0.39, 0.29) is 20.9 Å². The quantitative estimate of drug-likeness (QED) is 0.273. The zero-order valence-electron chi connectivity index (χ0n) is 23.4. The first-order valence-electron chi connectivity index (χ1n) is 12.6. The van der Waals surface area contributed by atoms with Gasteiger partial charge in [0.2, 0.25) is 20.0 Å². The fourth-order valence-corrected chi connectivity index (χ4v) is 7.21. The summed E-state index contributed by atoms with van der Waals surface area (Å²) in [4.78, 5) is 23.6. The van der Waals surface area contributed by atoms with Crippen molar-refractivity contribution in [2.75, 3.05) is 14.2 Å². The van der Waals surface area contributed by atoms with E-state index < -0.39 is 57.2 Å². The Kier molecular flexibility index (Phi) is 10.3. The van der Waals surface area contributed by atoms with Gasteiger partial charge in [0.25, 0.3) is 0 Å². The Morgan fingerprint density at radius 2 is 0.952 bits per heavy atom. The number of nitrogens with zero attached hydrogens (tertiary/aromatic N) is 2. The van der Waals surface area contributed by atoms with Gasteiger partial charge in [0.15, 0.2) is 0 Å². The number of carboxylic acids is 2. The number of sulfonamides is 2. The molecular weight excluding hydrogens is 588 g/mol. The molecule has 0 aliphatic carbocycles. The van der Waals surface area contributed by atoms with E-state index in [1.54, 1.807) is 12.1 Å². The van der Waals surface area contributed by atoms with E-state index in [1.165, 1.54) is 88.7 Å². The van der Waals surface area contributed by atoms with Crippen molar-refractivity contribution in [1.82, 2.24) is 8.61 Å². The smallest absolute Gasteiger partial charge is 0.321 e. The molecule has 3 rings (SSSR count). The molecule has 0 aromatic heterocycles. The van der Waals surface area contributed by atoms with Gasteiger partial charge in [-0.1, -0.05) is 24.3 Å². The maximum atomic E-state index is 13.6. The Hall–Kier alpha value is -3.98. The predicted molar refractivity (Wildman–Crippen MR) is 152 cm³/mol. The van der Waals surface area contributed by atoms with Crippen LogP contribution in [0.5, 0.6) is 11.5 Å². The number of ether oxygens (including phenoxy) is 2. The van der Waals surface area contributed by atoms with E-state index in [0.29, 0.717) is 11.5 Å². The van der Waals surface area contributed by atoms with E-state index in [2.05, 4.69) is 0 Å². The van der Waals surface area contributed by atoms with Crippen LogP contribution in [0.2, 0.25) is 0 Å². The number of carboxylic acid groups (broad SMARTS) is 2. The van der Waals surface area contributed by atoms with Crippen molar-refractivity contribution in [2.24, 2.45) is 0 Å². The summed E-state index contributed by atoms with van der Waals surface area (Å²) in [6, 6.07) is 14.1. The summed E-state index contributed by atoms with van der Waals surface area (Å²) in [5.74, 6) is -1.98. The number of aliphatic carboxylic acids is 2. The summed E-state index contributed by atoms with van der Waals surface area (Å²) >= 11 is 0. The Balaban J connectivity index is 2.07. The van der Waals surface area contributed by atoms with Crippen LogP contribution in [-0.4, -0.2) is 73.9 Å². The van der Waals surface area contributed by atoms with Crippen molar-refractivity contribution < 1.29 is 46.1 Å².